The maximum Gasteiger partial charge on any atom is 0.160 e. The Kier molecular flexibility index (Phi) is 5.68. The fraction of sp³-hybridized carbons (Fsp3) is 0.143. The summed E-state index contributed by atoms with van der Waals surface area (Å²) in [6.45, 7) is 0. The van der Waals surface area contributed by atoms with Gasteiger partial charge in [-0.3, -0.25) is 9.59 Å². The number of carbonyl (C=O) groups excluding carboxylic acids is 2. The molecule has 0 atom stereocenters. The van der Waals surface area contributed by atoms with Gasteiger partial charge in [-0.1, -0.05) is 23.2 Å². The van der Waals surface area contributed by atoms with Gasteiger partial charge in [0.15, 0.2) is 11.6 Å². The molecule has 138 valence electrons. The SMILES string of the molecule is COc1ccc(Cl)c2c1CC(=O)C=C2.O=C1C=Cc2c(Cl)ccc(O)c2C1. The first-order valence-electron chi connectivity index (χ1n) is 8.18. The number of ether oxygens (including phenoxy) is 1. The zero-order valence-corrected chi connectivity index (χ0v) is 16.0. The van der Waals surface area contributed by atoms with E-state index < -0.39 is 0 Å². The van der Waals surface area contributed by atoms with E-state index in [-0.39, 0.29) is 23.7 Å². The van der Waals surface area contributed by atoms with Crippen LogP contribution in [0.5, 0.6) is 11.5 Å². The van der Waals surface area contributed by atoms with Gasteiger partial charge in [-0.25, -0.2) is 0 Å². The minimum Gasteiger partial charge on any atom is -0.508 e. The van der Waals surface area contributed by atoms with Gasteiger partial charge in [-0.2, -0.15) is 0 Å². The van der Waals surface area contributed by atoms with E-state index in [0.717, 1.165) is 22.4 Å². The largest absolute Gasteiger partial charge is 0.508 e. The summed E-state index contributed by atoms with van der Waals surface area (Å²) < 4.78 is 5.17. The zero-order chi connectivity index (χ0) is 19.6. The molecule has 6 heteroatoms. The van der Waals surface area contributed by atoms with Gasteiger partial charge in [0, 0.05) is 45.1 Å². The molecule has 0 bridgehead atoms. The molecule has 4 nitrogen and oxygen atoms in total. The number of ketones is 2. The summed E-state index contributed by atoms with van der Waals surface area (Å²) in [5.41, 5.74) is 3.15. The molecule has 0 saturated carbocycles. The minimum atomic E-state index is -0.00920. The van der Waals surface area contributed by atoms with Gasteiger partial charge in [0.2, 0.25) is 0 Å². The van der Waals surface area contributed by atoms with Crippen molar-refractivity contribution >= 4 is 46.9 Å². The van der Waals surface area contributed by atoms with E-state index in [1.807, 2.05) is 0 Å². The third-order valence-electron chi connectivity index (χ3n) is 4.33. The van der Waals surface area contributed by atoms with Crippen molar-refractivity contribution in [2.45, 2.75) is 12.8 Å². The average molecular weight is 403 g/mol. The van der Waals surface area contributed by atoms with Crippen molar-refractivity contribution in [3.8, 4) is 11.5 Å². The number of allylic oxidation sites excluding steroid dienone is 2. The van der Waals surface area contributed by atoms with Crippen LogP contribution in [0.3, 0.4) is 0 Å². The van der Waals surface area contributed by atoms with Gasteiger partial charge in [0.25, 0.3) is 0 Å². The van der Waals surface area contributed by atoms with Gasteiger partial charge in [-0.05, 0) is 48.6 Å². The molecule has 0 saturated heterocycles. The summed E-state index contributed by atoms with van der Waals surface area (Å²) in [5, 5.41) is 10.7. The van der Waals surface area contributed by atoms with Crippen LogP contribution in [-0.2, 0) is 22.4 Å². The summed E-state index contributed by atoms with van der Waals surface area (Å²) >= 11 is 11.9. The summed E-state index contributed by atoms with van der Waals surface area (Å²) in [4.78, 5) is 22.3. The second kappa shape index (κ2) is 7.99. The van der Waals surface area contributed by atoms with E-state index in [9.17, 15) is 14.7 Å². The van der Waals surface area contributed by atoms with E-state index in [1.54, 1.807) is 43.5 Å². The van der Waals surface area contributed by atoms with Crippen molar-refractivity contribution in [2.24, 2.45) is 0 Å². The second-order valence-corrected chi connectivity index (χ2v) is 6.87. The number of carbonyl (C=O) groups is 2. The zero-order valence-electron chi connectivity index (χ0n) is 14.5. The third kappa shape index (κ3) is 4.07. The highest BCUT2D eigenvalue weighted by Gasteiger charge is 2.17. The molecule has 27 heavy (non-hydrogen) atoms. The molecular weight excluding hydrogens is 387 g/mol. The lowest BCUT2D eigenvalue weighted by Crippen LogP contribution is -2.07. The average Bonchev–Trinajstić information content (AvgIpc) is 2.66. The van der Waals surface area contributed by atoms with E-state index in [2.05, 4.69) is 0 Å². The number of hydrogen-bond donors (Lipinski definition) is 1. The maximum absolute atomic E-state index is 11.2. The Morgan fingerprint density at radius 2 is 1.33 bits per heavy atom. The van der Waals surface area contributed by atoms with Crippen LogP contribution in [-0.4, -0.2) is 23.8 Å². The molecule has 0 unspecified atom stereocenters. The fourth-order valence-electron chi connectivity index (χ4n) is 2.98. The number of aromatic hydroxyl groups is 1. The van der Waals surface area contributed by atoms with Gasteiger partial charge in [0.1, 0.15) is 11.5 Å². The molecule has 2 aromatic rings. The quantitative estimate of drug-likeness (QED) is 0.752. The van der Waals surface area contributed by atoms with Gasteiger partial charge in [0.05, 0.1) is 7.11 Å². The number of phenols is 1. The first-order valence-corrected chi connectivity index (χ1v) is 8.94. The van der Waals surface area contributed by atoms with E-state index in [4.69, 9.17) is 27.9 Å². The van der Waals surface area contributed by atoms with Crippen molar-refractivity contribution in [1.82, 2.24) is 0 Å². The molecule has 2 aromatic carbocycles. The van der Waals surface area contributed by atoms with Crippen molar-refractivity contribution in [2.75, 3.05) is 7.11 Å². The van der Waals surface area contributed by atoms with Crippen LogP contribution < -0.4 is 4.74 Å². The number of fused-ring (bicyclic) bond motifs is 2. The lowest BCUT2D eigenvalue weighted by molar-refractivity contribution is -0.114. The normalized spacial score (nSPS) is 14.2. The van der Waals surface area contributed by atoms with Gasteiger partial charge in [-0.15, -0.1) is 0 Å². The Bertz CT molecular complexity index is 990. The number of benzene rings is 2. The number of halogens is 2. The molecule has 0 heterocycles. The summed E-state index contributed by atoms with van der Waals surface area (Å²) in [6.07, 6.45) is 7.02. The Morgan fingerprint density at radius 1 is 0.815 bits per heavy atom. The lowest BCUT2D eigenvalue weighted by Gasteiger charge is -2.14. The van der Waals surface area contributed by atoms with Crippen LogP contribution in [0.4, 0.5) is 0 Å². The number of phenolic OH excluding ortho intramolecular Hbond substituents is 1. The van der Waals surface area contributed by atoms with Crippen LogP contribution in [0, 0.1) is 0 Å². The summed E-state index contributed by atoms with van der Waals surface area (Å²) in [5.74, 6) is 0.933. The summed E-state index contributed by atoms with van der Waals surface area (Å²) in [6, 6.07) is 6.69. The standard InChI is InChI=1S/C11H9ClO2.C10H7ClO2/c1-14-11-5-4-10(12)8-3-2-7(13)6-9(8)11;11-9-3-4-10(13)8-5-6(12)1-2-7(8)9/h2-5H,6H2,1H3;1-4,13H,5H2. The van der Waals surface area contributed by atoms with Gasteiger partial charge >= 0.3 is 0 Å². The molecule has 0 spiro atoms. The lowest BCUT2D eigenvalue weighted by atomic mass is 9.96. The van der Waals surface area contributed by atoms with Gasteiger partial charge < -0.3 is 9.84 Å². The first-order chi connectivity index (χ1) is 12.9. The molecule has 4 rings (SSSR count). The van der Waals surface area contributed by atoms with Crippen LogP contribution in [0.15, 0.2) is 36.4 Å². The Balaban J connectivity index is 0.000000156. The molecular formula is C21H16Cl2O4. The van der Waals surface area contributed by atoms with Crippen molar-refractivity contribution < 1.29 is 19.4 Å². The monoisotopic (exact) mass is 402 g/mol. The van der Waals surface area contributed by atoms with Crippen molar-refractivity contribution in [1.29, 1.82) is 0 Å². The molecule has 0 radical (unpaired) electrons. The first kappa shape index (κ1) is 19.2. The number of hydrogen-bond acceptors (Lipinski definition) is 4. The van der Waals surface area contributed by atoms with Crippen LogP contribution in [0.2, 0.25) is 10.0 Å². The topological polar surface area (TPSA) is 63.6 Å². The molecule has 0 amide bonds. The molecule has 2 aliphatic rings. The predicted octanol–water partition coefficient (Wildman–Crippen LogP) is 4.67. The maximum atomic E-state index is 11.2. The molecule has 0 aromatic heterocycles. The highest BCUT2D eigenvalue weighted by molar-refractivity contribution is 6.33. The van der Waals surface area contributed by atoms with Crippen molar-refractivity contribution in [3.05, 3.63) is 68.7 Å². The van der Waals surface area contributed by atoms with E-state index >= 15 is 0 Å². The minimum absolute atomic E-state index is 0.00920. The van der Waals surface area contributed by atoms with Crippen LogP contribution in [0.1, 0.15) is 22.3 Å². The smallest absolute Gasteiger partial charge is 0.160 e. The number of rotatable bonds is 1. The predicted molar refractivity (Wildman–Crippen MR) is 107 cm³/mol. The molecule has 1 N–H and O–H groups in total. The van der Waals surface area contributed by atoms with Crippen LogP contribution in [0.25, 0.3) is 12.2 Å². The van der Waals surface area contributed by atoms with Crippen molar-refractivity contribution in [3.63, 3.8) is 0 Å². The highest BCUT2D eigenvalue weighted by Crippen LogP contribution is 2.33. The molecule has 2 aliphatic carbocycles. The summed E-state index contributed by atoms with van der Waals surface area (Å²) in [7, 11) is 1.59. The fourth-order valence-corrected chi connectivity index (χ4v) is 3.46. The van der Waals surface area contributed by atoms with E-state index in [0.29, 0.717) is 22.0 Å². The molecule has 0 aliphatic heterocycles. The Morgan fingerprint density at radius 3 is 1.93 bits per heavy atom. The molecule has 0 fully saturated rings. The van der Waals surface area contributed by atoms with E-state index in [1.165, 1.54) is 12.1 Å². The highest BCUT2D eigenvalue weighted by atomic mass is 35.5. The number of methoxy groups -OCH3 is 1. The third-order valence-corrected chi connectivity index (χ3v) is 4.99. The van der Waals surface area contributed by atoms with Crippen LogP contribution >= 0.6 is 23.2 Å². The second-order valence-electron chi connectivity index (χ2n) is 6.05. The Labute approximate surface area is 166 Å². The Hall–Kier alpha value is -2.56.